The molecule has 3 aromatic rings. The van der Waals surface area contributed by atoms with Crippen LogP contribution < -0.4 is 16.2 Å². The number of fused-ring (bicyclic) bond motifs is 3. The zero-order valence-electron chi connectivity index (χ0n) is 22.2. The number of rotatable bonds is 4. The fraction of sp³-hybridized carbons (Fsp3) is 0.481. The van der Waals surface area contributed by atoms with Gasteiger partial charge in [-0.15, -0.1) is 5.10 Å². The van der Waals surface area contributed by atoms with Crippen LogP contribution >= 0.6 is 11.6 Å². The number of carbonyl (C=O) groups excluding carboxylic acids is 1. The largest absolute Gasteiger partial charge is 0.416 e. The summed E-state index contributed by atoms with van der Waals surface area (Å²) >= 11 is 6.10. The van der Waals surface area contributed by atoms with Crippen LogP contribution in [0.3, 0.4) is 0 Å². The number of hydrogen-bond acceptors (Lipinski definition) is 7. The number of aromatic nitrogens is 4. The molecule has 10 nitrogen and oxygen atoms in total. The van der Waals surface area contributed by atoms with E-state index in [-0.39, 0.29) is 34.5 Å². The number of alkyl halides is 3. The van der Waals surface area contributed by atoms with Crippen molar-refractivity contribution in [1.82, 2.24) is 24.5 Å². The van der Waals surface area contributed by atoms with Crippen molar-refractivity contribution in [2.75, 3.05) is 38.2 Å². The molecule has 1 atom stereocenters. The Bertz CT molecular complexity index is 1610. The van der Waals surface area contributed by atoms with E-state index in [0.29, 0.717) is 69.3 Å². The van der Waals surface area contributed by atoms with Gasteiger partial charge < -0.3 is 24.7 Å². The quantitative estimate of drug-likeness (QED) is 0.475. The summed E-state index contributed by atoms with van der Waals surface area (Å²) in [5.74, 6) is -0.219. The summed E-state index contributed by atoms with van der Waals surface area (Å²) in [6.07, 6.45) is -0.976. The number of nitrogens with zero attached hydrogens (tertiary/aromatic N) is 4. The lowest BCUT2D eigenvalue weighted by Crippen LogP contribution is -2.50. The van der Waals surface area contributed by atoms with Gasteiger partial charge in [0.05, 0.1) is 41.7 Å². The van der Waals surface area contributed by atoms with Gasteiger partial charge in [-0.2, -0.15) is 22.7 Å². The molecule has 0 radical (unpaired) electrons. The molecular weight excluding hydrogens is 565 g/mol. The molecule has 1 fully saturated rings. The third-order valence-corrected chi connectivity index (χ3v) is 8.16. The van der Waals surface area contributed by atoms with Crippen molar-refractivity contribution in [1.29, 1.82) is 0 Å². The molecule has 1 amide bonds. The molecule has 1 spiro atoms. The van der Waals surface area contributed by atoms with Crippen molar-refractivity contribution < 1.29 is 27.4 Å². The maximum Gasteiger partial charge on any atom is 0.416 e. The van der Waals surface area contributed by atoms with Crippen LogP contribution in [0.1, 0.15) is 54.7 Å². The predicted octanol–water partition coefficient (Wildman–Crippen LogP) is 3.72. The lowest BCUT2D eigenvalue weighted by Gasteiger charge is -2.43. The Balaban J connectivity index is 1.46. The normalized spacial score (nSPS) is 20.6. The molecular formula is C27H28ClF3N6O4. The first kappa shape index (κ1) is 27.9. The molecule has 1 aromatic carbocycles. The van der Waals surface area contributed by atoms with E-state index in [1.165, 1.54) is 4.52 Å². The Morgan fingerprint density at radius 1 is 1.29 bits per heavy atom. The molecule has 2 aromatic heterocycles. The first-order chi connectivity index (χ1) is 19.6. The molecule has 6 rings (SSSR count). The third-order valence-electron chi connectivity index (χ3n) is 7.85. The van der Waals surface area contributed by atoms with Gasteiger partial charge in [0, 0.05) is 11.6 Å². The molecule has 14 heteroatoms. The van der Waals surface area contributed by atoms with Crippen molar-refractivity contribution in [3.05, 3.63) is 62.3 Å². The van der Waals surface area contributed by atoms with Gasteiger partial charge in [0.25, 0.3) is 5.56 Å². The van der Waals surface area contributed by atoms with Gasteiger partial charge in [0.15, 0.2) is 5.82 Å². The highest BCUT2D eigenvalue weighted by Gasteiger charge is 2.45. The van der Waals surface area contributed by atoms with Crippen LogP contribution in [0.5, 0.6) is 0 Å². The van der Waals surface area contributed by atoms with Gasteiger partial charge in [0.2, 0.25) is 11.7 Å². The first-order valence-electron chi connectivity index (χ1n) is 13.4. The molecule has 218 valence electrons. The van der Waals surface area contributed by atoms with E-state index in [2.05, 4.69) is 15.7 Å². The van der Waals surface area contributed by atoms with E-state index < -0.39 is 23.2 Å². The second-order valence-corrected chi connectivity index (χ2v) is 11.0. The third kappa shape index (κ3) is 5.05. The van der Waals surface area contributed by atoms with E-state index in [1.807, 2.05) is 13.0 Å². The van der Waals surface area contributed by atoms with Crippen LogP contribution in [-0.4, -0.2) is 58.0 Å². The molecule has 1 saturated heterocycles. The van der Waals surface area contributed by atoms with Crippen LogP contribution in [0.2, 0.25) is 5.02 Å². The molecule has 3 aliphatic rings. The Kier molecular flexibility index (Phi) is 7.17. The fourth-order valence-corrected chi connectivity index (χ4v) is 6.05. The highest BCUT2D eigenvalue weighted by atomic mass is 35.5. The SMILES string of the molecule is CC1COC2(CCNCC2)c2c1n(CC(=O)Nc1ccc(C(F)(F)F)cc1Cl)c1nc(C3=CCOCC3)nn1c2=O. The minimum absolute atomic E-state index is 0.0383. The molecule has 2 N–H and O–H groups in total. The second kappa shape index (κ2) is 10.5. The van der Waals surface area contributed by atoms with Gasteiger partial charge in [-0.3, -0.25) is 9.59 Å². The first-order valence-corrected chi connectivity index (χ1v) is 13.8. The molecule has 41 heavy (non-hydrogen) atoms. The number of carbonyl (C=O) groups is 1. The van der Waals surface area contributed by atoms with E-state index in [1.54, 1.807) is 4.57 Å². The predicted molar refractivity (Wildman–Crippen MR) is 144 cm³/mol. The summed E-state index contributed by atoms with van der Waals surface area (Å²) in [6, 6.07) is 2.74. The minimum Gasteiger partial charge on any atom is -0.377 e. The standard InChI is InChI=1S/C27H28ClF3N6O4/c1-15-14-41-26(6-8-32-9-7-26)21-22(15)36(13-20(38)33-19-3-2-17(12-18(19)28)27(29,30)31)25-34-23(35-37(25)24(21)39)16-4-10-40-11-5-16/h2-4,12,15,32H,5-11,13-14H2,1H3,(H,33,38). The lowest BCUT2D eigenvalue weighted by molar-refractivity contribution is -0.137. The van der Waals surface area contributed by atoms with Gasteiger partial charge in [-0.25, -0.2) is 0 Å². The van der Waals surface area contributed by atoms with Crippen LogP contribution in [0.4, 0.5) is 18.9 Å². The van der Waals surface area contributed by atoms with E-state index in [9.17, 15) is 22.8 Å². The number of hydrogen-bond donors (Lipinski definition) is 2. The monoisotopic (exact) mass is 592 g/mol. The number of halogens is 4. The molecule has 0 saturated carbocycles. The fourth-order valence-electron chi connectivity index (χ4n) is 5.82. The summed E-state index contributed by atoms with van der Waals surface area (Å²) in [4.78, 5) is 32.2. The van der Waals surface area contributed by atoms with Gasteiger partial charge in [-0.05, 0) is 56.1 Å². The maximum atomic E-state index is 14.1. The molecule has 0 aliphatic carbocycles. The van der Waals surface area contributed by atoms with Gasteiger partial charge in [-0.1, -0.05) is 24.6 Å². The number of amides is 1. The molecule has 0 bridgehead atoms. The molecule has 1 unspecified atom stereocenters. The number of nitrogens with one attached hydrogen (secondary N) is 2. The molecule has 5 heterocycles. The van der Waals surface area contributed by atoms with Crippen molar-refractivity contribution in [3.8, 4) is 0 Å². The van der Waals surface area contributed by atoms with Crippen LogP contribution in [0.15, 0.2) is 29.1 Å². The Hall–Kier alpha value is -3.26. The van der Waals surface area contributed by atoms with Gasteiger partial charge in [0.1, 0.15) is 12.1 Å². The number of piperidine rings is 1. The topological polar surface area (TPSA) is 112 Å². The summed E-state index contributed by atoms with van der Waals surface area (Å²) in [7, 11) is 0. The Morgan fingerprint density at radius 2 is 2.07 bits per heavy atom. The average molecular weight is 593 g/mol. The van der Waals surface area contributed by atoms with E-state index in [4.69, 9.17) is 26.1 Å². The smallest absolute Gasteiger partial charge is 0.377 e. The highest BCUT2D eigenvalue weighted by molar-refractivity contribution is 6.33. The zero-order valence-corrected chi connectivity index (χ0v) is 22.9. The number of benzene rings is 1. The lowest BCUT2D eigenvalue weighted by atomic mass is 9.80. The Labute approximate surface area is 237 Å². The average Bonchev–Trinajstić information content (AvgIpc) is 3.40. The number of ether oxygens (including phenoxy) is 2. The Morgan fingerprint density at radius 3 is 2.76 bits per heavy atom. The van der Waals surface area contributed by atoms with Crippen molar-refractivity contribution >= 4 is 34.5 Å². The second-order valence-electron chi connectivity index (χ2n) is 10.5. The van der Waals surface area contributed by atoms with Crippen molar-refractivity contribution in [2.24, 2.45) is 0 Å². The van der Waals surface area contributed by atoms with E-state index >= 15 is 0 Å². The summed E-state index contributed by atoms with van der Waals surface area (Å²) in [5.41, 5.74) is -0.111. The van der Waals surface area contributed by atoms with Crippen molar-refractivity contribution in [3.63, 3.8) is 0 Å². The van der Waals surface area contributed by atoms with E-state index in [0.717, 1.165) is 23.8 Å². The summed E-state index contributed by atoms with van der Waals surface area (Å²) in [5, 5.41) is 10.2. The van der Waals surface area contributed by atoms with Gasteiger partial charge >= 0.3 is 6.18 Å². The van der Waals surface area contributed by atoms with Crippen LogP contribution in [0.25, 0.3) is 11.4 Å². The number of anilines is 1. The summed E-state index contributed by atoms with van der Waals surface area (Å²) in [6.45, 7) is 4.21. The maximum absolute atomic E-state index is 14.1. The van der Waals surface area contributed by atoms with Crippen LogP contribution in [0, 0.1) is 0 Å². The molecule has 3 aliphatic heterocycles. The highest BCUT2D eigenvalue weighted by Crippen LogP contribution is 2.42. The minimum atomic E-state index is -4.57. The van der Waals surface area contributed by atoms with Crippen molar-refractivity contribution in [2.45, 2.75) is 50.4 Å². The summed E-state index contributed by atoms with van der Waals surface area (Å²) < 4.78 is 54.0. The zero-order chi connectivity index (χ0) is 28.9. The van der Waals surface area contributed by atoms with Crippen LogP contribution in [-0.2, 0) is 32.6 Å².